The summed E-state index contributed by atoms with van der Waals surface area (Å²) in [5.41, 5.74) is 27.3. The van der Waals surface area contributed by atoms with Gasteiger partial charge in [0.15, 0.2) is 0 Å². The Morgan fingerprint density at radius 1 is 0.354 bits per heavy atom. The summed E-state index contributed by atoms with van der Waals surface area (Å²) >= 11 is 0. The van der Waals surface area contributed by atoms with Gasteiger partial charge in [0, 0.05) is 44.9 Å². The molecule has 4 aliphatic rings. The first-order chi connectivity index (χ1) is 38.4. The van der Waals surface area contributed by atoms with Crippen molar-refractivity contribution in [3.8, 4) is 5.69 Å². The second kappa shape index (κ2) is 18.8. The second-order valence-electron chi connectivity index (χ2n) is 31.3. The quantitative estimate of drug-likeness (QED) is 0.120. The molecule has 3 heterocycles. The SMILES string of the molecule is CCC(C)(C)c1ccc(N2c3ccc(C(C)(C)CC)cc3B3c4cc(C(C)(C)CC)ccc4N(c4ccc(C(C)(C)CC)cc4)c4cc(-n5c6cc7c(cc6c6cc8c(cc65)C(C)(C)CCC8(C)C)C(C)(C)CCC7(C)C)cc2c43)cc1. The van der Waals surface area contributed by atoms with E-state index in [-0.39, 0.29) is 50.0 Å². The lowest BCUT2D eigenvalue weighted by atomic mass is 9.33. The number of anilines is 6. The van der Waals surface area contributed by atoms with Crippen LogP contribution in [0.1, 0.15) is 234 Å². The molecule has 4 heteroatoms. The minimum absolute atomic E-state index is 0.00766. The van der Waals surface area contributed by atoms with Gasteiger partial charge in [0.2, 0.25) is 0 Å². The number of rotatable bonds is 11. The van der Waals surface area contributed by atoms with Crippen molar-refractivity contribution in [3.63, 3.8) is 0 Å². The van der Waals surface area contributed by atoms with Gasteiger partial charge in [-0.3, -0.25) is 0 Å². The zero-order chi connectivity index (χ0) is 58.8. The molecule has 0 fully saturated rings. The van der Waals surface area contributed by atoms with Gasteiger partial charge in [-0.15, -0.1) is 0 Å². The summed E-state index contributed by atoms with van der Waals surface area (Å²) in [5.74, 6) is 0. The minimum atomic E-state index is -0.0170. The largest absolute Gasteiger partial charge is 0.311 e. The fourth-order valence-electron chi connectivity index (χ4n) is 14.9. The summed E-state index contributed by atoms with van der Waals surface area (Å²) in [7, 11) is 0. The van der Waals surface area contributed by atoms with Crippen LogP contribution in [0, 0.1) is 0 Å². The summed E-state index contributed by atoms with van der Waals surface area (Å²) in [6, 6.07) is 50.4. The van der Waals surface area contributed by atoms with Crippen molar-refractivity contribution in [2.24, 2.45) is 0 Å². The van der Waals surface area contributed by atoms with Gasteiger partial charge in [-0.25, -0.2) is 0 Å². The first-order valence-electron chi connectivity index (χ1n) is 31.9. The number of benzene rings is 7. The monoisotopic (exact) mass is 1090 g/mol. The third kappa shape index (κ3) is 8.61. The highest BCUT2D eigenvalue weighted by Gasteiger charge is 2.46. The molecule has 0 unspecified atom stereocenters. The minimum Gasteiger partial charge on any atom is -0.311 e. The van der Waals surface area contributed by atoms with Gasteiger partial charge in [-0.05, 0) is 228 Å². The maximum Gasteiger partial charge on any atom is 0.252 e. The number of hydrogen-bond acceptors (Lipinski definition) is 2. The fraction of sp³-hybridized carbons (Fsp3) is 0.462. The van der Waals surface area contributed by atoms with E-state index in [0.29, 0.717) is 0 Å². The molecule has 3 nitrogen and oxygen atoms in total. The average molecular weight is 1090 g/mol. The van der Waals surface area contributed by atoms with Crippen LogP contribution in [0.5, 0.6) is 0 Å². The third-order valence-corrected chi connectivity index (χ3v) is 22.9. The highest BCUT2D eigenvalue weighted by atomic mass is 15.2. The van der Waals surface area contributed by atoms with Crippen molar-refractivity contribution in [2.45, 2.75) is 233 Å². The molecule has 2 aliphatic heterocycles. The Bertz CT molecular complexity index is 3620. The van der Waals surface area contributed by atoms with Crippen LogP contribution in [0.25, 0.3) is 27.5 Å². The van der Waals surface area contributed by atoms with E-state index in [4.69, 9.17) is 0 Å². The molecular weight excluding hydrogens is 990 g/mol. The molecule has 0 atom stereocenters. The van der Waals surface area contributed by atoms with Crippen LogP contribution in [0.4, 0.5) is 34.1 Å². The van der Waals surface area contributed by atoms with E-state index >= 15 is 0 Å². The molecule has 12 rings (SSSR count). The Labute approximate surface area is 495 Å². The van der Waals surface area contributed by atoms with Crippen LogP contribution in [-0.4, -0.2) is 11.3 Å². The normalized spacial score (nSPS) is 17.8. The van der Waals surface area contributed by atoms with Crippen molar-refractivity contribution in [1.82, 2.24) is 4.57 Å². The standard InChI is InChI=1S/C78H96BN3/c1-21-71(5,6)49-25-31-53(32-26-49)80-64-35-29-51(73(9,10)23-3)41-62(64)79-63-42-52(74(11,12)24-4)30-36-65(63)81(54-33-27-50(28-34-54)72(7,8)22-2)69-44-55(43-68(80)70(69)79)82-66-47-60-58(75(13,14)37-39-77(60,17)18)45-56(66)57-46-59-61(48-67(57)82)78(19,20)40-38-76(59,15)16/h25-36,41-48H,21-24,37-40H2,1-20H3. The molecule has 0 saturated carbocycles. The summed E-state index contributed by atoms with van der Waals surface area (Å²) < 4.78 is 2.73. The van der Waals surface area contributed by atoms with Gasteiger partial charge in [0.25, 0.3) is 6.71 Å². The van der Waals surface area contributed by atoms with Crippen molar-refractivity contribution in [1.29, 1.82) is 0 Å². The highest BCUT2D eigenvalue weighted by Crippen LogP contribution is 2.54. The molecule has 2 aliphatic carbocycles. The molecule has 82 heavy (non-hydrogen) atoms. The summed E-state index contributed by atoms with van der Waals surface area (Å²) in [6.45, 7) is 48.6. The van der Waals surface area contributed by atoms with Gasteiger partial charge >= 0.3 is 0 Å². The van der Waals surface area contributed by atoms with Crippen LogP contribution in [0.3, 0.4) is 0 Å². The molecule has 0 bridgehead atoms. The lowest BCUT2D eigenvalue weighted by Crippen LogP contribution is -2.61. The zero-order valence-corrected chi connectivity index (χ0v) is 54.1. The molecular formula is C78H96BN3. The second-order valence-corrected chi connectivity index (χ2v) is 31.3. The molecule has 0 spiro atoms. The maximum absolute atomic E-state index is 2.73. The first kappa shape index (κ1) is 56.5. The van der Waals surface area contributed by atoms with E-state index in [1.807, 2.05) is 0 Å². The average Bonchev–Trinajstić information content (AvgIpc) is 1.36. The Balaban J connectivity index is 1.26. The van der Waals surface area contributed by atoms with Gasteiger partial charge in [0.1, 0.15) is 0 Å². The maximum atomic E-state index is 2.73. The molecule has 0 N–H and O–H groups in total. The van der Waals surface area contributed by atoms with Gasteiger partial charge < -0.3 is 14.4 Å². The van der Waals surface area contributed by atoms with Crippen molar-refractivity contribution < 1.29 is 0 Å². The highest BCUT2D eigenvalue weighted by molar-refractivity contribution is 7.00. The number of nitrogens with zero attached hydrogens (tertiary/aromatic N) is 3. The van der Waals surface area contributed by atoms with Crippen LogP contribution < -0.4 is 26.2 Å². The van der Waals surface area contributed by atoms with Crippen LogP contribution in [-0.2, 0) is 43.3 Å². The van der Waals surface area contributed by atoms with Crippen LogP contribution in [0.15, 0.2) is 121 Å². The van der Waals surface area contributed by atoms with Crippen LogP contribution >= 0.6 is 0 Å². The number of fused-ring (bicyclic) bond motifs is 9. The van der Waals surface area contributed by atoms with Crippen LogP contribution in [0.2, 0.25) is 0 Å². The Morgan fingerprint density at radius 2 is 0.659 bits per heavy atom. The topological polar surface area (TPSA) is 11.4 Å². The molecule has 426 valence electrons. The molecule has 0 saturated heterocycles. The molecule has 7 aromatic carbocycles. The lowest BCUT2D eigenvalue weighted by Gasteiger charge is -2.45. The third-order valence-electron chi connectivity index (χ3n) is 22.9. The van der Waals surface area contributed by atoms with Crippen molar-refractivity contribution in [2.75, 3.05) is 9.80 Å². The Hall–Kier alpha value is -6.00. The van der Waals surface area contributed by atoms with Gasteiger partial charge in [-0.1, -0.05) is 187 Å². The summed E-state index contributed by atoms with van der Waals surface area (Å²) in [6.07, 6.45) is 8.95. The van der Waals surface area contributed by atoms with E-state index < -0.39 is 0 Å². The number of aromatic nitrogens is 1. The van der Waals surface area contributed by atoms with Gasteiger partial charge in [0.05, 0.1) is 16.7 Å². The number of hydrogen-bond donors (Lipinski definition) is 0. The predicted octanol–water partition coefficient (Wildman–Crippen LogP) is 20.3. The van der Waals surface area contributed by atoms with Crippen molar-refractivity contribution in [3.05, 3.63) is 166 Å². The first-order valence-corrected chi connectivity index (χ1v) is 31.9. The fourth-order valence-corrected chi connectivity index (χ4v) is 14.9. The summed E-state index contributed by atoms with van der Waals surface area (Å²) in [4.78, 5) is 5.34. The van der Waals surface area contributed by atoms with E-state index in [1.54, 1.807) is 0 Å². The smallest absolute Gasteiger partial charge is 0.252 e. The summed E-state index contributed by atoms with van der Waals surface area (Å²) in [5, 5.41) is 2.74. The van der Waals surface area contributed by atoms with E-state index in [0.717, 1.165) is 25.7 Å². The van der Waals surface area contributed by atoms with E-state index in [9.17, 15) is 0 Å². The molecule has 0 amide bonds. The van der Waals surface area contributed by atoms with Gasteiger partial charge in [-0.2, -0.15) is 0 Å². The zero-order valence-electron chi connectivity index (χ0n) is 54.1. The molecule has 0 radical (unpaired) electrons. The Kier molecular flexibility index (Phi) is 12.9. The van der Waals surface area contributed by atoms with E-state index in [2.05, 4.69) is 274 Å². The lowest BCUT2D eigenvalue weighted by molar-refractivity contribution is 0.332. The van der Waals surface area contributed by atoms with Crippen molar-refractivity contribution >= 4 is 79.0 Å². The molecule has 1 aromatic heterocycles. The Morgan fingerprint density at radius 3 is 0.988 bits per heavy atom. The van der Waals surface area contributed by atoms with E-state index in [1.165, 1.54) is 148 Å². The predicted molar refractivity (Wildman–Crippen MR) is 359 cm³/mol. The molecule has 8 aromatic rings.